The van der Waals surface area contributed by atoms with Gasteiger partial charge in [-0.3, -0.25) is 4.79 Å². The van der Waals surface area contributed by atoms with Gasteiger partial charge in [-0.05, 0) is 17.0 Å². The summed E-state index contributed by atoms with van der Waals surface area (Å²) in [5.41, 5.74) is 1.82. The standard InChI is InChI=1S/C14H9NO3S/c16-13-10-5-2-1-4-9(10)8-11(13)15-18-14(17)12-6-3-7-19-12/h1-7H,8H2/b15-11+. The third-order valence-corrected chi connectivity index (χ3v) is 3.69. The number of benzene rings is 1. The van der Waals surface area contributed by atoms with Gasteiger partial charge in [0.1, 0.15) is 10.6 Å². The maximum atomic E-state index is 12.0. The first-order chi connectivity index (χ1) is 9.25. The molecule has 0 unspecified atom stereocenters. The zero-order valence-electron chi connectivity index (χ0n) is 9.83. The van der Waals surface area contributed by atoms with Crippen molar-refractivity contribution in [1.82, 2.24) is 0 Å². The normalized spacial score (nSPS) is 15.6. The molecule has 0 aliphatic heterocycles. The highest BCUT2D eigenvalue weighted by atomic mass is 32.1. The number of thiophene rings is 1. The highest BCUT2D eigenvalue weighted by Gasteiger charge is 2.26. The summed E-state index contributed by atoms with van der Waals surface area (Å²) in [7, 11) is 0. The molecule has 0 bridgehead atoms. The summed E-state index contributed by atoms with van der Waals surface area (Å²) in [5.74, 6) is -0.708. The van der Waals surface area contributed by atoms with Crippen LogP contribution in [0.15, 0.2) is 46.9 Å². The molecule has 1 aliphatic carbocycles. The zero-order chi connectivity index (χ0) is 13.2. The SMILES string of the molecule is O=C(O/N=C1\Cc2ccccc2C1=O)c1cccs1. The van der Waals surface area contributed by atoms with Crippen molar-refractivity contribution in [2.75, 3.05) is 0 Å². The maximum absolute atomic E-state index is 12.0. The van der Waals surface area contributed by atoms with Crippen LogP contribution in [0.1, 0.15) is 25.6 Å². The largest absolute Gasteiger partial charge is 0.375 e. The fourth-order valence-corrected chi connectivity index (χ4v) is 2.52. The van der Waals surface area contributed by atoms with E-state index in [4.69, 9.17) is 4.84 Å². The van der Waals surface area contributed by atoms with Gasteiger partial charge in [0.25, 0.3) is 0 Å². The average molecular weight is 271 g/mol. The van der Waals surface area contributed by atoms with Gasteiger partial charge in [0.15, 0.2) is 0 Å². The molecule has 0 radical (unpaired) electrons. The molecule has 1 aromatic carbocycles. The molecule has 19 heavy (non-hydrogen) atoms. The van der Waals surface area contributed by atoms with Crippen LogP contribution in [0.5, 0.6) is 0 Å². The Balaban J connectivity index is 1.77. The first kappa shape index (κ1) is 11.8. The van der Waals surface area contributed by atoms with Crippen LogP contribution in [-0.2, 0) is 11.3 Å². The molecule has 0 N–H and O–H groups in total. The van der Waals surface area contributed by atoms with Crippen LogP contribution in [0.3, 0.4) is 0 Å². The van der Waals surface area contributed by atoms with E-state index in [1.807, 2.05) is 12.1 Å². The van der Waals surface area contributed by atoms with Crippen molar-refractivity contribution >= 4 is 28.8 Å². The van der Waals surface area contributed by atoms with E-state index in [9.17, 15) is 9.59 Å². The quantitative estimate of drug-likeness (QED) is 0.623. The summed E-state index contributed by atoms with van der Waals surface area (Å²) in [6.45, 7) is 0. The Morgan fingerprint density at radius 3 is 2.79 bits per heavy atom. The van der Waals surface area contributed by atoms with Gasteiger partial charge in [0.2, 0.25) is 5.78 Å². The second-order valence-electron chi connectivity index (χ2n) is 4.06. The molecule has 1 aliphatic rings. The van der Waals surface area contributed by atoms with Crippen molar-refractivity contribution in [2.24, 2.45) is 5.16 Å². The molecule has 5 heteroatoms. The first-order valence-electron chi connectivity index (χ1n) is 5.70. The predicted molar refractivity (Wildman–Crippen MR) is 71.6 cm³/mol. The molecule has 0 amide bonds. The second-order valence-corrected chi connectivity index (χ2v) is 5.00. The van der Waals surface area contributed by atoms with Crippen LogP contribution in [0.4, 0.5) is 0 Å². The van der Waals surface area contributed by atoms with Gasteiger partial charge in [0, 0.05) is 12.0 Å². The molecule has 4 nitrogen and oxygen atoms in total. The molecule has 2 aromatic rings. The van der Waals surface area contributed by atoms with Crippen molar-refractivity contribution in [3.63, 3.8) is 0 Å². The van der Waals surface area contributed by atoms with Gasteiger partial charge in [-0.15, -0.1) is 11.3 Å². The van der Waals surface area contributed by atoms with E-state index >= 15 is 0 Å². The van der Waals surface area contributed by atoms with Gasteiger partial charge in [-0.25, -0.2) is 4.79 Å². The van der Waals surface area contributed by atoms with Gasteiger partial charge >= 0.3 is 5.97 Å². The Labute approximate surface area is 113 Å². The molecule has 94 valence electrons. The molecule has 3 rings (SSSR count). The zero-order valence-corrected chi connectivity index (χ0v) is 10.6. The third-order valence-electron chi connectivity index (χ3n) is 2.84. The summed E-state index contributed by atoms with van der Waals surface area (Å²) >= 11 is 1.27. The van der Waals surface area contributed by atoms with E-state index in [-0.39, 0.29) is 11.5 Å². The second kappa shape index (κ2) is 4.78. The van der Waals surface area contributed by atoms with Crippen molar-refractivity contribution in [3.05, 3.63) is 57.8 Å². The molecule has 0 saturated heterocycles. The van der Waals surface area contributed by atoms with E-state index in [0.29, 0.717) is 16.9 Å². The first-order valence-corrected chi connectivity index (χ1v) is 6.58. The molecule has 0 saturated carbocycles. The summed E-state index contributed by atoms with van der Waals surface area (Å²) < 4.78 is 0. The minimum Gasteiger partial charge on any atom is -0.311 e. The maximum Gasteiger partial charge on any atom is 0.375 e. The number of fused-ring (bicyclic) bond motifs is 1. The van der Waals surface area contributed by atoms with Crippen LogP contribution in [-0.4, -0.2) is 17.5 Å². The third kappa shape index (κ3) is 2.20. The van der Waals surface area contributed by atoms with E-state index in [0.717, 1.165) is 5.56 Å². The Bertz CT molecular complexity index is 674. The minimum absolute atomic E-state index is 0.172. The monoisotopic (exact) mass is 271 g/mol. The van der Waals surface area contributed by atoms with Gasteiger partial charge in [0.05, 0.1) is 0 Å². The predicted octanol–water partition coefficient (Wildman–Crippen LogP) is 2.70. The number of nitrogens with zero attached hydrogens (tertiary/aromatic N) is 1. The van der Waals surface area contributed by atoms with Crippen LogP contribution in [0.2, 0.25) is 0 Å². The number of oxime groups is 1. The lowest BCUT2D eigenvalue weighted by atomic mass is 10.1. The summed E-state index contributed by atoms with van der Waals surface area (Å²) in [6, 6.07) is 10.7. The van der Waals surface area contributed by atoms with E-state index in [1.165, 1.54) is 11.3 Å². The Kier molecular flexibility index (Phi) is 2.97. The molecule has 0 atom stereocenters. The highest BCUT2D eigenvalue weighted by molar-refractivity contribution is 7.11. The summed E-state index contributed by atoms with van der Waals surface area (Å²) in [6.07, 6.45) is 0.409. The topological polar surface area (TPSA) is 55.7 Å². The number of carbonyl (C=O) groups excluding carboxylic acids is 2. The Morgan fingerprint density at radius 2 is 2.05 bits per heavy atom. The molecule has 1 heterocycles. The van der Waals surface area contributed by atoms with E-state index in [1.54, 1.807) is 29.6 Å². The van der Waals surface area contributed by atoms with Crippen LogP contribution < -0.4 is 0 Å². The smallest absolute Gasteiger partial charge is 0.311 e. The fraction of sp³-hybridized carbons (Fsp3) is 0.0714. The number of hydrogen-bond donors (Lipinski definition) is 0. The van der Waals surface area contributed by atoms with E-state index in [2.05, 4.69) is 5.16 Å². The minimum atomic E-state index is -0.536. The number of hydrogen-bond acceptors (Lipinski definition) is 5. The van der Waals surface area contributed by atoms with Crippen molar-refractivity contribution in [2.45, 2.75) is 6.42 Å². The number of Topliss-reactive ketones (excluding diaryl/α,β-unsaturated/α-hetero) is 1. The highest BCUT2D eigenvalue weighted by Crippen LogP contribution is 2.20. The Morgan fingerprint density at radius 1 is 1.21 bits per heavy atom. The lowest BCUT2D eigenvalue weighted by molar-refractivity contribution is 0.0521. The molecule has 0 spiro atoms. The molecular formula is C14H9NO3S. The number of ketones is 1. The van der Waals surface area contributed by atoms with Gasteiger partial charge in [-0.2, -0.15) is 0 Å². The van der Waals surface area contributed by atoms with Crippen molar-refractivity contribution in [1.29, 1.82) is 0 Å². The number of carbonyl (C=O) groups is 2. The van der Waals surface area contributed by atoms with Gasteiger partial charge < -0.3 is 4.84 Å². The van der Waals surface area contributed by atoms with Crippen molar-refractivity contribution < 1.29 is 14.4 Å². The fourth-order valence-electron chi connectivity index (χ4n) is 1.92. The Hall–Kier alpha value is -2.27. The molecular weight excluding hydrogens is 262 g/mol. The number of rotatable bonds is 2. The lowest BCUT2D eigenvalue weighted by Gasteiger charge is -1.95. The van der Waals surface area contributed by atoms with Crippen LogP contribution >= 0.6 is 11.3 Å². The van der Waals surface area contributed by atoms with Gasteiger partial charge in [-0.1, -0.05) is 35.5 Å². The van der Waals surface area contributed by atoms with Crippen LogP contribution in [0, 0.1) is 0 Å². The van der Waals surface area contributed by atoms with E-state index < -0.39 is 5.97 Å². The lowest BCUT2D eigenvalue weighted by Crippen LogP contribution is -2.10. The summed E-state index contributed by atoms with van der Waals surface area (Å²) in [5, 5.41) is 5.48. The molecule has 1 aromatic heterocycles. The van der Waals surface area contributed by atoms with Crippen LogP contribution in [0.25, 0.3) is 0 Å². The summed E-state index contributed by atoms with van der Waals surface area (Å²) in [4.78, 5) is 28.9. The average Bonchev–Trinajstić information content (AvgIpc) is 3.05. The van der Waals surface area contributed by atoms with Crippen molar-refractivity contribution in [3.8, 4) is 0 Å². The molecule has 0 fully saturated rings.